The predicted molar refractivity (Wildman–Crippen MR) is 84.0 cm³/mol. The zero-order valence-corrected chi connectivity index (χ0v) is 12.6. The Morgan fingerprint density at radius 2 is 2.05 bits per heavy atom. The van der Waals surface area contributed by atoms with Gasteiger partial charge in [0, 0.05) is 24.0 Å². The fraction of sp³-hybridized carbons (Fsp3) is 0.467. The molecule has 3 rings (SSSR count). The van der Waals surface area contributed by atoms with Crippen molar-refractivity contribution in [2.45, 2.75) is 32.4 Å². The van der Waals surface area contributed by atoms with E-state index >= 15 is 0 Å². The third-order valence-corrected chi connectivity index (χ3v) is 4.51. The Kier molecular flexibility index (Phi) is 3.43. The molecule has 1 aromatic heterocycles. The van der Waals surface area contributed by atoms with Crippen molar-refractivity contribution in [3.63, 3.8) is 0 Å². The van der Waals surface area contributed by atoms with Crippen LogP contribution >= 0.6 is 0 Å². The average Bonchev–Trinajstić information content (AvgIpc) is 2.50. The first-order valence-electron chi connectivity index (χ1n) is 7.09. The number of rotatable bonds is 4. The number of benzene rings is 1. The fourth-order valence-electron chi connectivity index (χ4n) is 2.95. The van der Waals surface area contributed by atoms with Crippen molar-refractivity contribution >= 4 is 22.7 Å². The summed E-state index contributed by atoms with van der Waals surface area (Å²) < 4.78 is 5.50. The Morgan fingerprint density at radius 1 is 1.29 bits per heavy atom. The number of fused-ring (bicyclic) bond motifs is 1. The molecule has 6 heteroatoms. The topological polar surface area (TPSA) is 85.1 Å². The van der Waals surface area contributed by atoms with Gasteiger partial charge in [0.1, 0.15) is 5.82 Å². The third kappa shape index (κ3) is 2.30. The number of hydrogen-bond acceptors (Lipinski definition) is 6. The lowest BCUT2D eigenvalue weighted by Gasteiger charge is -2.51. The van der Waals surface area contributed by atoms with Crippen LogP contribution in [-0.4, -0.2) is 29.2 Å². The van der Waals surface area contributed by atoms with Crippen LogP contribution < -0.4 is 16.6 Å². The molecule has 112 valence electrons. The number of hydrazine groups is 1. The van der Waals surface area contributed by atoms with E-state index in [4.69, 9.17) is 10.6 Å². The summed E-state index contributed by atoms with van der Waals surface area (Å²) in [6.07, 6.45) is 1.24. The molecule has 1 heterocycles. The Labute approximate surface area is 124 Å². The van der Waals surface area contributed by atoms with E-state index < -0.39 is 0 Å². The Bertz CT molecular complexity index is 658. The van der Waals surface area contributed by atoms with Gasteiger partial charge < -0.3 is 10.1 Å². The van der Waals surface area contributed by atoms with Crippen molar-refractivity contribution in [2.24, 2.45) is 11.3 Å². The van der Waals surface area contributed by atoms with Crippen molar-refractivity contribution in [3.05, 3.63) is 24.3 Å². The maximum Gasteiger partial charge on any atom is 0.239 e. The summed E-state index contributed by atoms with van der Waals surface area (Å²) in [6.45, 7) is 4.40. The normalized spacial score (nSPS) is 23.6. The highest BCUT2D eigenvalue weighted by Crippen LogP contribution is 2.44. The molecule has 1 aliphatic carbocycles. The zero-order valence-electron chi connectivity index (χ0n) is 12.6. The van der Waals surface area contributed by atoms with Crippen molar-refractivity contribution in [1.82, 2.24) is 9.97 Å². The first-order chi connectivity index (χ1) is 10.1. The van der Waals surface area contributed by atoms with Crippen molar-refractivity contribution in [3.8, 4) is 0 Å². The van der Waals surface area contributed by atoms with E-state index in [1.165, 1.54) is 0 Å². The molecule has 0 radical (unpaired) electrons. The third-order valence-electron chi connectivity index (χ3n) is 4.51. The molecule has 4 N–H and O–H groups in total. The van der Waals surface area contributed by atoms with Gasteiger partial charge in [0.15, 0.2) is 0 Å². The molecule has 0 amide bonds. The molecule has 1 saturated carbocycles. The lowest BCUT2D eigenvalue weighted by Crippen LogP contribution is -2.57. The first kappa shape index (κ1) is 14.0. The number of nitrogens with two attached hydrogens (primary N) is 1. The predicted octanol–water partition coefficient (Wildman–Crippen LogP) is 2.14. The second kappa shape index (κ2) is 5.13. The van der Waals surface area contributed by atoms with E-state index in [-0.39, 0.29) is 11.5 Å². The Hall–Kier alpha value is -1.92. The van der Waals surface area contributed by atoms with Gasteiger partial charge in [-0.05, 0) is 18.6 Å². The van der Waals surface area contributed by atoms with E-state index in [1.54, 1.807) is 7.11 Å². The van der Waals surface area contributed by atoms with E-state index in [9.17, 15) is 0 Å². The van der Waals surface area contributed by atoms with Crippen LogP contribution in [0.15, 0.2) is 24.3 Å². The molecule has 1 fully saturated rings. The molecule has 2 aromatic rings. The molecule has 21 heavy (non-hydrogen) atoms. The number of nitrogen functional groups attached to an aromatic ring is 1. The number of aromatic nitrogens is 2. The van der Waals surface area contributed by atoms with Gasteiger partial charge in [-0.3, -0.25) is 5.43 Å². The van der Waals surface area contributed by atoms with Gasteiger partial charge in [-0.15, -0.1) is 0 Å². The number of nitrogens with one attached hydrogen (secondary N) is 2. The van der Waals surface area contributed by atoms with Gasteiger partial charge >= 0.3 is 0 Å². The molecule has 6 nitrogen and oxygen atoms in total. The molecule has 0 saturated heterocycles. The summed E-state index contributed by atoms with van der Waals surface area (Å²) in [7, 11) is 1.76. The van der Waals surface area contributed by atoms with Gasteiger partial charge in [-0.2, -0.15) is 4.98 Å². The van der Waals surface area contributed by atoms with E-state index in [0.29, 0.717) is 12.0 Å². The highest BCUT2D eigenvalue weighted by Gasteiger charge is 2.48. The maximum absolute atomic E-state index is 5.50. The largest absolute Gasteiger partial charge is 0.381 e. The summed E-state index contributed by atoms with van der Waals surface area (Å²) in [5, 5.41) is 4.52. The van der Waals surface area contributed by atoms with Gasteiger partial charge in [0.2, 0.25) is 5.95 Å². The minimum absolute atomic E-state index is 0.0666. The number of para-hydroxylation sites is 1. The highest BCUT2D eigenvalue weighted by atomic mass is 16.5. The second-order valence-electron chi connectivity index (χ2n) is 6.04. The van der Waals surface area contributed by atoms with E-state index in [2.05, 4.69) is 34.6 Å². The molecule has 0 spiro atoms. The van der Waals surface area contributed by atoms with Crippen LogP contribution in [0.25, 0.3) is 10.9 Å². The molecule has 0 bridgehead atoms. The number of methoxy groups -OCH3 is 1. The van der Waals surface area contributed by atoms with Crippen LogP contribution in [0.5, 0.6) is 0 Å². The standard InChI is InChI=1S/C15H21N5O/c1-15(2)11(8-12(15)21-3)18-13-9-6-4-5-7-10(9)17-14(19-13)20-16/h4-7,11-12H,8,16H2,1-3H3,(H2,17,18,19,20). The summed E-state index contributed by atoms with van der Waals surface area (Å²) >= 11 is 0. The molecule has 2 atom stereocenters. The van der Waals surface area contributed by atoms with Crippen LogP contribution in [-0.2, 0) is 4.74 Å². The molecular weight excluding hydrogens is 266 g/mol. The summed E-state index contributed by atoms with van der Waals surface area (Å²) in [5.41, 5.74) is 3.45. The fourth-order valence-corrected chi connectivity index (χ4v) is 2.95. The lowest BCUT2D eigenvalue weighted by atomic mass is 9.64. The average molecular weight is 287 g/mol. The number of nitrogens with zero attached hydrogens (tertiary/aromatic N) is 2. The van der Waals surface area contributed by atoms with Crippen molar-refractivity contribution < 1.29 is 4.74 Å². The number of anilines is 2. The highest BCUT2D eigenvalue weighted by molar-refractivity contribution is 5.90. The van der Waals surface area contributed by atoms with E-state index in [1.807, 2.05) is 24.3 Å². The van der Waals surface area contributed by atoms with Crippen LogP contribution in [0, 0.1) is 5.41 Å². The van der Waals surface area contributed by atoms with Gasteiger partial charge in [0.05, 0.1) is 11.6 Å². The maximum atomic E-state index is 5.50. The Morgan fingerprint density at radius 3 is 2.71 bits per heavy atom. The molecule has 0 aliphatic heterocycles. The minimum atomic E-state index is 0.0666. The SMILES string of the molecule is COC1CC(Nc2nc(NN)nc3ccccc23)C1(C)C. The Balaban J connectivity index is 1.94. The van der Waals surface area contributed by atoms with Gasteiger partial charge in [-0.25, -0.2) is 10.8 Å². The van der Waals surface area contributed by atoms with Gasteiger partial charge in [0.25, 0.3) is 0 Å². The minimum Gasteiger partial charge on any atom is -0.381 e. The summed E-state index contributed by atoms with van der Waals surface area (Å²) in [5.74, 6) is 6.68. The van der Waals surface area contributed by atoms with E-state index in [0.717, 1.165) is 23.1 Å². The summed E-state index contributed by atoms with van der Waals surface area (Å²) in [4.78, 5) is 8.82. The van der Waals surface area contributed by atoms with Gasteiger partial charge in [-0.1, -0.05) is 26.0 Å². The first-order valence-corrected chi connectivity index (χ1v) is 7.09. The molecule has 2 unspecified atom stereocenters. The van der Waals surface area contributed by atoms with Crippen LogP contribution in [0.1, 0.15) is 20.3 Å². The number of hydrogen-bond donors (Lipinski definition) is 3. The number of ether oxygens (including phenoxy) is 1. The van der Waals surface area contributed by atoms with Crippen molar-refractivity contribution in [1.29, 1.82) is 0 Å². The quantitative estimate of drug-likeness (QED) is 0.590. The molecular formula is C15H21N5O. The summed E-state index contributed by atoms with van der Waals surface area (Å²) in [6, 6.07) is 8.21. The molecule has 1 aliphatic rings. The zero-order chi connectivity index (χ0) is 15.0. The van der Waals surface area contributed by atoms with Crippen LogP contribution in [0.4, 0.5) is 11.8 Å². The molecule has 1 aromatic carbocycles. The van der Waals surface area contributed by atoms with Crippen molar-refractivity contribution in [2.75, 3.05) is 17.9 Å². The smallest absolute Gasteiger partial charge is 0.239 e. The lowest BCUT2D eigenvalue weighted by molar-refractivity contribution is -0.0795. The monoisotopic (exact) mass is 287 g/mol. The second-order valence-corrected chi connectivity index (χ2v) is 6.04. The van der Waals surface area contributed by atoms with Crippen LogP contribution in [0.2, 0.25) is 0 Å². The van der Waals surface area contributed by atoms with Crippen LogP contribution in [0.3, 0.4) is 0 Å².